The lowest BCUT2D eigenvalue weighted by molar-refractivity contribution is -0.131. The minimum atomic E-state index is -4.81. The molecule has 0 amide bonds. The summed E-state index contributed by atoms with van der Waals surface area (Å²) in [5.41, 5.74) is -0.409. The zero-order chi connectivity index (χ0) is 9.07. The van der Waals surface area contributed by atoms with Gasteiger partial charge in [-0.2, -0.15) is 0 Å². The van der Waals surface area contributed by atoms with Crippen molar-refractivity contribution in [2.24, 2.45) is 0 Å². The van der Waals surface area contributed by atoms with E-state index < -0.39 is 26.0 Å². The van der Waals surface area contributed by atoms with Crippen LogP contribution in [-0.2, 0) is 13.9 Å². The molecule has 0 saturated carbocycles. The molecule has 6 nitrogen and oxygen atoms in total. The quantitative estimate of drug-likeness (QED) is 0.388. The molecule has 0 aliphatic rings. The first-order chi connectivity index (χ1) is 4.87. The highest BCUT2D eigenvalue weighted by molar-refractivity contribution is 7.46. The van der Waals surface area contributed by atoms with Gasteiger partial charge in [0.2, 0.25) is 0 Å². The van der Waals surface area contributed by atoms with Crippen LogP contribution in [0.3, 0.4) is 0 Å². The van der Waals surface area contributed by atoms with Crippen LogP contribution < -0.4 is 0 Å². The fourth-order valence-corrected chi connectivity index (χ4v) is 0.582. The second-order valence-electron chi connectivity index (χ2n) is 1.63. The largest absolute Gasteiger partial charge is 0.527 e. The Bertz CT molecular complexity index is 215. The first kappa shape index (κ1) is 10.3. The molecule has 0 atom stereocenters. The maximum Gasteiger partial charge on any atom is 0.527 e. The maximum absolute atomic E-state index is 10.4. The molecule has 0 spiro atoms. The molecule has 0 bridgehead atoms. The van der Waals surface area contributed by atoms with E-state index in [0.29, 0.717) is 0 Å². The molecule has 0 rings (SSSR count). The first-order valence-electron chi connectivity index (χ1n) is 2.45. The molecule has 7 heteroatoms. The molecule has 0 saturated heterocycles. The Morgan fingerprint density at radius 3 is 2.27 bits per heavy atom. The van der Waals surface area contributed by atoms with Crippen LogP contribution in [0, 0.1) is 0 Å². The summed E-state index contributed by atoms with van der Waals surface area (Å²) in [6.45, 7) is 2.29. The molecule has 0 unspecified atom stereocenters. The lowest BCUT2D eigenvalue weighted by Crippen LogP contribution is -2.07. The van der Waals surface area contributed by atoms with Gasteiger partial charge < -0.3 is 9.63 Å². The normalized spacial score (nSPS) is 10.8. The number of carbonyl (C=O) groups is 1. The highest BCUT2D eigenvalue weighted by atomic mass is 31.2. The van der Waals surface area contributed by atoms with Crippen LogP contribution in [0.15, 0.2) is 12.2 Å². The van der Waals surface area contributed by atoms with Crippen LogP contribution in [-0.4, -0.2) is 27.5 Å². The van der Waals surface area contributed by atoms with Gasteiger partial charge in [-0.1, -0.05) is 6.58 Å². The van der Waals surface area contributed by atoms with E-state index in [9.17, 15) is 9.36 Å². The van der Waals surface area contributed by atoms with Crippen LogP contribution >= 0.6 is 7.82 Å². The molecule has 0 aliphatic carbocycles. The van der Waals surface area contributed by atoms with Gasteiger partial charge in [0.05, 0.1) is 12.2 Å². The van der Waals surface area contributed by atoms with Crippen LogP contribution in [0.5, 0.6) is 0 Å². The molecule has 0 radical (unpaired) electrons. The van der Waals surface area contributed by atoms with E-state index in [0.717, 1.165) is 0 Å². The molecular weight excluding hydrogens is 175 g/mol. The fourth-order valence-electron chi connectivity index (χ4n) is 0.237. The van der Waals surface area contributed by atoms with E-state index in [1.54, 1.807) is 0 Å². The number of aliphatic hydroxyl groups is 1. The highest BCUT2D eigenvalue weighted by Gasteiger charge is 2.21. The molecule has 0 heterocycles. The van der Waals surface area contributed by atoms with Crippen molar-refractivity contribution in [3.05, 3.63) is 12.2 Å². The summed E-state index contributed by atoms with van der Waals surface area (Å²) in [7, 11) is -4.81. The monoisotopic (exact) mass is 182 g/mol. The number of carbonyl (C=O) groups excluding carboxylic acids is 1. The third kappa shape index (κ3) is 4.69. The Hall–Kier alpha value is -0.680. The Labute approximate surface area is 62.4 Å². The molecule has 0 aliphatic heterocycles. The van der Waals surface area contributed by atoms with E-state index in [1.165, 1.54) is 0 Å². The van der Waals surface area contributed by atoms with E-state index in [2.05, 4.69) is 11.1 Å². The predicted molar refractivity (Wildman–Crippen MR) is 34.4 cm³/mol. The summed E-state index contributed by atoms with van der Waals surface area (Å²) in [6.07, 6.45) is 0. The Morgan fingerprint density at radius 2 is 2.00 bits per heavy atom. The van der Waals surface area contributed by atoms with Gasteiger partial charge in [-0.25, -0.2) is 9.36 Å². The highest BCUT2D eigenvalue weighted by Crippen LogP contribution is 2.36. The second-order valence-corrected chi connectivity index (χ2v) is 2.79. The SMILES string of the molecule is C=C(CO)C(=O)OP(=O)(O)O. The molecule has 0 aromatic rings. The Kier molecular flexibility index (Phi) is 3.41. The van der Waals surface area contributed by atoms with Gasteiger partial charge in [0.25, 0.3) is 0 Å². The van der Waals surface area contributed by atoms with Gasteiger partial charge in [0.15, 0.2) is 0 Å². The molecule has 0 aromatic heterocycles. The summed E-state index contributed by atoms with van der Waals surface area (Å²) in [5, 5.41) is 8.25. The zero-order valence-corrected chi connectivity index (χ0v) is 6.32. The molecule has 0 aromatic carbocycles. The van der Waals surface area contributed by atoms with Crippen molar-refractivity contribution >= 4 is 13.8 Å². The number of aliphatic hydroxyl groups excluding tert-OH is 1. The van der Waals surface area contributed by atoms with E-state index in [4.69, 9.17) is 14.9 Å². The van der Waals surface area contributed by atoms with E-state index in [-0.39, 0.29) is 0 Å². The van der Waals surface area contributed by atoms with Crippen LogP contribution in [0.25, 0.3) is 0 Å². The second kappa shape index (κ2) is 3.64. The van der Waals surface area contributed by atoms with Crippen molar-refractivity contribution in [1.82, 2.24) is 0 Å². The van der Waals surface area contributed by atoms with Crippen molar-refractivity contribution < 1.29 is 28.8 Å². The summed E-state index contributed by atoms with van der Waals surface area (Å²) >= 11 is 0. The lowest BCUT2D eigenvalue weighted by atomic mass is 10.3. The maximum atomic E-state index is 10.4. The van der Waals surface area contributed by atoms with Crippen molar-refractivity contribution in [3.8, 4) is 0 Å². The molecular formula is C4H7O6P. The van der Waals surface area contributed by atoms with E-state index >= 15 is 0 Å². The standard InChI is InChI=1S/C4H7O6P/c1-3(2-5)4(6)10-11(7,8)9/h5H,1-2H2,(H2,7,8,9). The van der Waals surface area contributed by atoms with Crippen LogP contribution in [0.2, 0.25) is 0 Å². The molecule has 3 N–H and O–H groups in total. The third-order valence-electron chi connectivity index (χ3n) is 0.681. The first-order valence-corrected chi connectivity index (χ1v) is 3.98. The lowest BCUT2D eigenvalue weighted by Gasteiger charge is -2.04. The van der Waals surface area contributed by atoms with Crippen molar-refractivity contribution in [3.63, 3.8) is 0 Å². The molecule has 0 fully saturated rings. The Morgan fingerprint density at radius 1 is 1.55 bits per heavy atom. The van der Waals surface area contributed by atoms with Crippen molar-refractivity contribution in [2.45, 2.75) is 0 Å². The van der Waals surface area contributed by atoms with E-state index in [1.807, 2.05) is 0 Å². The number of phosphoric ester groups is 1. The smallest absolute Gasteiger partial charge is 0.391 e. The summed E-state index contributed by atoms with van der Waals surface area (Å²) < 4.78 is 13.5. The molecule has 64 valence electrons. The van der Waals surface area contributed by atoms with Gasteiger partial charge >= 0.3 is 13.8 Å². The van der Waals surface area contributed by atoms with Gasteiger partial charge in [-0.3, -0.25) is 9.79 Å². The number of hydrogen-bond acceptors (Lipinski definition) is 4. The average Bonchev–Trinajstić information content (AvgIpc) is 1.82. The number of rotatable bonds is 3. The Balaban J connectivity index is 4.10. The van der Waals surface area contributed by atoms with Crippen LogP contribution in [0.1, 0.15) is 0 Å². The minimum Gasteiger partial charge on any atom is -0.391 e. The third-order valence-corrected chi connectivity index (χ3v) is 1.09. The van der Waals surface area contributed by atoms with Gasteiger partial charge in [0, 0.05) is 0 Å². The van der Waals surface area contributed by atoms with Crippen molar-refractivity contribution in [1.29, 1.82) is 0 Å². The average molecular weight is 182 g/mol. The van der Waals surface area contributed by atoms with Gasteiger partial charge in [0.1, 0.15) is 0 Å². The number of phosphoric acid groups is 1. The summed E-state index contributed by atoms with van der Waals surface area (Å²) in [6, 6.07) is 0. The summed E-state index contributed by atoms with van der Waals surface area (Å²) in [4.78, 5) is 26.6. The molecule has 11 heavy (non-hydrogen) atoms. The zero-order valence-electron chi connectivity index (χ0n) is 5.43. The van der Waals surface area contributed by atoms with Crippen LogP contribution in [0.4, 0.5) is 0 Å². The predicted octanol–water partition coefficient (Wildman–Crippen LogP) is -0.829. The fraction of sp³-hybridized carbons (Fsp3) is 0.250. The topological polar surface area (TPSA) is 104 Å². The van der Waals surface area contributed by atoms with Gasteiger partial charge in [-0.15, -0.1) is 0 Å². The minimum absolute atomic E-state index is 0.409. The van der Waals surface area contributed by atoms with Crippen molar-refractivity contribution in [2.75, 3.05) is 6.61 Å². The number of hydrogen-bond donors (Lipinski definition) is 3. The van der Waals surface area contributed by atoms with Gasteiger partial charge in [-0.05, 0) is 0 Å². The summed E-state index contributed by atoms with van der Waals surface area (Å²) in [5.74, 6) is -1.30.